The van der Waals surface area contributed by atoms with Crippen molar-refractivity contribution in [2.45, 2.75) is 39.2 Å². The van der Waals surface area contributed by atoms with Gasteiger partial charge in [0.05, 0.1) is 6.10 Å². The van der Waals surface area contributed by atoms with Gasteiger partial charge in [-0.05, 0) is 39.0 Å². The Morgan fingerprint density at radius 3 is 2.05 bits per heavy atom. The Morgan fingerprint density at radius 1 is 1.15 bits per heavy atom. The van der Waals surface area contributed by atoms with Gasteiger partial charge in [0, 0.05) is 13.1 Å². The Balaban J connectivity index is 2.44. The van der Waals surface area contributed by atoms with Gasteiger partial charge in [0.1, 0.15) is 0 Å². The molecule has 1 saturated heterocycles. The van der Waals surface area contributed by atoms with Gasteiger partial charge in [0.2, 0.25) is 0 Å². The van der Waals surface area contributed by atoms with Crippen molar-refractivity contribution in [1.29, 1.82) is 0 Å². The monoisotopic (exact) mass is 287 g/mol. The number of carboxylic acid groups (broad SMARTS) is 2. The summed E-state index contributed by atoms with van der Waals surface area (Å²) in [5.74, 6) is -3.97. The molecule has 1 heterocycles. The van der Waals surface area contributed by atoms with Crippen LogP contribution in [0.1, 0.15) is 33.1 Å². The van der Waals surface area contributed by atoms with Crippen LogP contribution < -0.4 is 0 Å². The minimum atomic E-state index is -1.37. The highest BCUT2D eigenvalue weighted by molar-refractivity contribution is 5.92. The van der Waals surface area contributed by atoms with Gasteiger partial charge in [-0.25, -0.2) is 4.79 Å². The van der Waals surface area contributed by atoms with Crippen LogP contribution in [0, 0.1) is 11.8 Å². The number of rotatable bonds is 5. The summed E-state index contributed by atoms with van der Waals surface area (Å²) in [6.45, 7) is 4.49. The second-order valence-electron chi connectivity index (χ2n) is 5.33. The summed E-state index contributed by atoms with van der Waals surface area (Å²) in [6, 6.07) is 0. The van der Waals surface area contributed by atoms with Crippen molar-refractivity contribution >= 4 is 18.0 Å². The number of carboxylic acids is 2. The Morgan fingerprint density at radius 2 is 1.65 bits per heavy atom. The van der Waals surface area contributed by atoms with Crippen molar-refractivity contribution in [2.24, 2.45) is 11.8 Å². The Kier molecular flexibility index (Phi) is 5.79. The normalized spacial score (nSPS) is 16.5. The molecule has 114 valence electrons. The van der Waals surface area contributed by atoms with E-state index < -0.39 is 17.9 Å². The molecule has 0 radical (unpaired) electrons. The average Bonchev–Trinajstić information content (AvgIpc) is 2.35. The van der Waals surface area contributed by atoms with Crippen LogP contribution in [0.25, 0.3) is 0 Å². The van der Waals surface area contributed by atoms with E-state index in [1.165, 1.54) is 0 Å². The number of ether oxygens (including phenoxy) is 1. The lowest BCUT2D eigenvalue weighted by atomic mass is 9.87. The summed E-state index contributed by atoms with van der Waals surface area (Å²) in [7, 11) is 0. The van der Waals surface area contributed by atoms with Gasteiger partial charge in [-0.1, -0.05) is 0 Å². The molecule has 0 aromatic rings. The number of amides is 1. The zero-order valence-corrected chi connectivity index (χ0v) is 11.7. The van der Waals surface area contributed by atoms with Crippen LogP contribution in [0.4, 0.5) is 4.79 Å². The zero-order valence-electron chi connectivity index (χ0n) is 11.7. The highest BCUT2D eigenvalue weighted by atomic mass is 16.6. The number of piperidine rings is 1. The van der Waals surface area contributed by atoms with Crippen molar-refractivity contribution < 1.29 is 29.3 Å². The number of carbonyl (C=O) groups excluding carboxylic acids is 1. The smallest absolute Gasteiger partial charge is 0.410 e. The molecular weight excluding hydrogens is 266 g/mol. The highest BCUT2D eigenvalue weighted by Crippen LogP contribution is 2.25. The molecule has 0 saturated carbocycles. The van der Waals surface area contributed by atoms with E-state index in [1.807, 2.05) is 0 Å². The molecule has 1 fully saturated rings. The van der Waals surface area contributed by atoms with Crippen LogP contribution in [0.5, 0.6) is 0 Å². The fraction of sp³-hybridized carbons (Fsp3) is 0.769. The number of hydrogen-bond acceptors (Lipinski definition) is 4. The summed E-state index contributed by atoms with van der Waals surface area (Å²) in [6.07, 6.45) is 0.766. The van der Waals surface area contributed by atoms with Gasteiger partial charge < -0.3 is 19.8 Å². The minimum Gasteiger partial charge on any atom is -0.481 e. The SMILES string of the molecule is CC(C)OC(=O)N1CCC(CC(C(=O)O)C(=O)O)CC1. The third kappa shape index (κ3) is 4.71. The van der Waals surface area contributed by atoms with E-state index in [0.717, 1.165) is 0 Å². The van der Waals surface area contributed by atoms with Crippen molar-refractivity contribution in [3.8, 4) is 0 Å². The first-order chi connectivity index (χ1) is 9.31. The van der Waals surface area contributed by atoms with E-state index >= 15 is 0 Å². The molecule has 0 aromatic heterocycles. The molecule has 1 aliphatic rings. The summed E-state index contributed by atoms with van der Waals surface area (Å²) in [5.41, 5.74) is 0. The molecule has 0 unspecified atom stereocenters. The predicted octanol–water partition coefficient (Wildman–Crippen LogP) is 1.42. The second-order valence-corrected chi connectivity index (χ2v) is 5.33. The molecule has 1 aliphatic heterocycles. The summed E-state index contributed by atoms with van der Waals surface area (Å²) in [5, 5.41) is 17.7. The van der Waals surface area contributed by atoms with Crippen LogP contribution >= 0.6 is 0 Å². The van der Waals surface area contributed by atoms with E-state index in [0.29, 0.717) is 25.9 Å². The number of aliphatic carboxylic acids is 2. The average molecular weight is 287 g/mol. The fourth-order valence-electron chi connectivity index (χ4n) is 2.27. The minimum absolute atomic E-state index is 0.00954. The van der Waals surface area contributed by atoms with Crippen LogP contribution in [0.2, 0.25) is 0 Å². The van der Waals surface area contributed by atoms with E-state index in [2.05, 4.69) is 0 Å². The van der Waals surface area contributed by atoms with E-state index in [9.17, 15) is 14.4 Å². The molecule has 0 atom stereocenters. The van der Waals surface area contributed by atoms with Gasteiger partial charge in [-0.2, -0.15) is 0 Å². The van der Waals surface area contributed by atoms with Gasteiger partial charge in [0.15, 0.2) is 5.92 Å². The molecule has 1 rings (SSSR count). The topological polar surface area (TPSA) is 104 Å². The van der Waals surface area contributed by atoms with Crippen molar-refractivity contribution in [1.82, 2.24) is 4.90 Å². The molecule has 0 bridgehead atoms. The Hall–Kier alpha value is -1.79. The molecule has 0 aliphatic carbocycles. The first-order valence-electron chi connectivity index (χ1n) is 6.72. The van der Waals surface area contributed by atoms with Gasteiger partial charge in [-0.15, -0.1) is 0 Å². The number of likely N-dealkylation sites (tertiary alicyclic amines) is 1. The quantitative estimate of drug-likeness (QED) is 0.741. The van der Waals surface area contributed by atoms with Crippen molar-refractivity contribution in [3.05, 3.63) is 0 Å². The molecule has 20 heavy (non-hydrogen) atoms. The van der Waals surface area contributed by atoms with Crippen LogP contribution in [0.3, 0.4) is 0 Å². The lowest BCUT2D eigenvalue weighted by Gasteiger charge is -2.32. The van der Waals surface area contributed by atoms with Gasteiger partial charge in [0.25, 0.3) is 0 Å². The lowest BCUT2D eigenvalue weighted by Crippen LogP contribution is -2.40. The van der Waals surface area contributed by atoms with Crippen LogP contribution in [-0.2, 0) is 14.3 Å². The molecule has 0 aromatic carbocycles. The van der Waals surface area contributed by atoms with E-state index in [1.54, 1.807) is 18.7 Å². The van der Waals surface area contributed by atoms with Gasteiger partial charge in [-0.3, -0.25) is 9.59 Å². The number of nitrogens with zero attached hydrogens (tertiary/aromatic N) is 1. The summed E-state index contributed by atoms with van der Waals surface area (Å²) >= 11 is 0. The Labute approximate surface area is 117 Å². The van der Waals surface area contributed by atoms with Crippen molar-refractivity contribution in [2.75, 3.05) is 13.1 Å². The maximum Gasteiger partial charge on any atom is 0.410 e. The standard InChI is InChI=1S/C13H21NO6/c1-8(2)20-13(19)14-5-3-9(4-6-14)7-10(11(15)16)12(17)18/h8-10H,3-7H2,1-2H3,(H,15,16)(H,17,18). The van der Waals surface area contributed by atoms with Crippen LogP contribution in [0.15, 0.2) is 0 Å². The maximum atomic E-state index is 11.7. The zero-order chi connectivity index (χ0) is 15.3. The fourth-order valence-corrected chi connectivity index (χ4v) is 2.27. The number of carbonyl (C=O) groups is 3. The molecule has 1 amide bonds. The second kappa shape index (κ2) is 7.12. The summed E-state index contributed by atoms with van der Waals surface area (Å²) in [4.78, 5) is 34.9. The largest absolute Gasteiger partial charge is 0.481 e. The number of hydrogen-bond donors (Lipinski definition) is 2. The first-order valence-corrected chi connectivity index (χ1v) is 6.72. The van der Waals surface area contributed by atoms with Gasteiger partial charge >= 0.3 is 18.0 Å². The predicted molar refractivity (Wildman–Crippen MR) is 69.3 cm³/mol. The third-order valence-corrected chi connectivity index (χ3v) is 3.37. The summed E-state index contributed by atoms with van der Waals surface area (Å²) < 4.78 is 5.08. The molecule has 7 nitrogen and oxygen atoms in total. The lowest BCUT2D eigenvalue weighted by molar-refractivity contribution is -0.155. The first kappa shape index (κ1) is 16.3. The van der Waals surface area contributed by atoms with E-state index in [-0.39, 0.29) is 24.5 Å². The molecule has 7 heteroatoms. The van der Waals surface area contributed by atoms with Crippen LogP contribution in [-0.4, -0.2) is 52.3 Å². The third-order valence-electron chi connectivity index (χ3n) is 3.37. The molecular formula is C13H21NO6. The molecule has 0 spiro atoms. The maximum absolute atomic E-state index is 11.7. The Bertz CT molecular complexity index is 359. The molecule has 2 N–H and O–H groups in total. The van der Waals surface area contributed by atoms with Crippen molar-refractivity contribution in [3.63, 3.8) is 0 Å². The highest BCUT2D eigenvalue weighted by Gasteiger charge is 2.32. The van der Waals surface area contributed by atoms with E-state index in [4.69, 9.17) is 14.9 Å².